The van der Waals surface area contributed by atoms with Gasteiger partial charge in [-0.25, -0.2) is 9.97 Å². The molecule has 6 heteroatoms. The van der Waals surface area contributed by atoms with Crippen LogP contribution in [0.15, 0.2) is 12.3 Å². The molecule has 1 aliphatic heterocycles. The molecule has 1 amide bonds. The van der Waals surface area contributed by atoms with Gasteiger partial charge in [0, 0.05) is 38.8 Å². The summed E-state index contributed by atoms with van der Waals surface area (Å²) in [7, 11) is 0. The van der Waals surface area contributed by atoms with Crippen LogP contribution in [0.2, 0.25) is 0 Å². The number of hydrogen-bond donors (Lipinski definition) is 1. The van der Waals surface area contributed by atoms with E-state index in [1.54, 1.807) is 0 Å². The Kier molecular flexibility index (Phi) is 4.12. The van der Waals surface area contributed by atoms with Crippen LogP contribution >= 0.6 is 0 Å². The Morgan fingerprint density at radius 2 is 1.96 bits per heavy atom. The first-order chi connectivity index (χ1) is 11.7. The van der Waals surface area contributed by atoms with Crippen molar-refractivity contribution in [1.82, 2.24) is 19.9 Å². The summed E-state index contributed by atoms with van der Waals surface area (Å²) in [5, 5.41) is 1.06. The summed E-state index contributed by atoms with van der Waals surface area (Å²) in [6, 6.07) is 2.03. The number of fused-ring (bicyclic) bond motifs is 1. The van der Waals surface area contributed by atoms with Gasteiger partial charge in [0.25, 0.3) is 0 Å². The Balaban J connectivity index is 1.42. The summed E-state index contributed by atoms with van der Waals surface area (Å²) in [5.74, 6) is 2.73. The highest BCUT2D eigenvalue weighted by molar-refractivity contribution is 5.87. The number of nitrogens with zero attached hydrogens (tertiary/aromatic N) is 4. The summed E-state index contributed by atoms with van der Waals surface area (Å²) < 4.78 is 0. The lowest BCUT2D eigenvalue weighted by Crippen LogP contribution is -2.49. The molecule has 0 radical (unpaired) electrons. The highest BCUT2D eigenvalue weighted by atomic mass is 16.2. The third-order valence-corrected chi connectivity index (χ3v) is 5.38. The number of rotatable bonds is 3. The third-order valence-electron chi connectivity index (χ3n) is 5.38. The first kappa shape index (κ1) is 15.4. The largest absolute Gasteiger partial charge is 0.352 e. The second-order valence-corrected chi connectivity index (χ2v) is 7.06. The molecule has 2 aliphatic rings. The van der Waals surface area contributed by atoms with E-state index in [-0.39, 0.29) is 0 Å². The molecular formula is C18H25N5O. The fourth-order valence-electron chi connectivity index (χ4n) is 4.03. The molecule has 0 spiro atoms. The number of anilines is 1. The quantitative estimate of drug-likeness (QED) is 0.941. The molecule has 1 saturated carbocycles. The van der Waals surface area contributed by atoms with Crippen LogP contribution in [-0.2, 0) is 4.79 Å². The van der Waals surface area contributed by atoms with E-state index in [4.69, 9.17) is 0 Å². The molecule has 2 aromatic heterocycles. The second-order valence-electron chi connectivity index (χ2n) is 7.06. The number of carbonyl (C=O) groups excluding carboxylic acids is 1. The predicted octanol–water partition coefficient (Wildman–Crippen LogP) is 2.50. The lowest BCUT2D eigenvalue weighted by molar-refractivity contribution is -0.132. The Morgan fingerprint density at radius 3 is 2.71 bits per heavy atom. The van der Waals surface area contributed by atoms with Gasteiger partial charge in [-0.15, -0.1) is 0 Å². The molecule has 6 nitrogen and oxygen atoms in total. The van der Waals surface area contributed by atoms with Crippen LogP contribution in [0.3, 0.4) is 0 Å². The normalized spacial score (nSPS) is 19.4. The van der Waals surface area contributed by atoms with Crippen molar-refractivity contribution in [2.75, 3.05) is 31.1 Å². The van der Waals surface area contributed by atoms with Gasteiger partial charge in [0.15, 0.2) is 0 Å². The van der Waals surface area contributed by atoms with Crippen molar-refractivity contribution >= 4 is 22.8 Å². The summed E-state index contributed by atoms with van der Waals surface area (Å²) >= 11 is 0. The molecule has 2 fully saturated rings. The van der Waals surface area contributed by atoms with E-state index >= 15 is 0 Å². The van der Waals surface area contributed by atoms with Crippen LogP contribution < -0.4 is 4.90 Å². The topological polar surface area (TPSA) is 65.1 Å². The van der Waals surface area contributed by atoms with Crippen molar-refractivity contribution in [2.24, 2.45) is 5.92 Å². The van der Waals surface area contributed by atoms with E-state index in [0.717, 1.165) is 55.3 Å². The molecule has 24 heavy (non-hydrogen) atoms. The minimum Gasteiger partial charge on any atom is -0.352 e. The van der Waals surface area contributed by atoms with Crippen LogP contribution in [0.4, 0.5) is 5.82 Å². The molecule has 0 bridgehead atoms. The minimum atomic E-state index is 0.340. The molecular weight excluding hydrogens is 302 g/mol. The number of H-pyrrole nitrogens is 1. The van der Waals surface area contributed by atoms with Crippen LogP contribution in [0.1, 0.15) is 37.9 Å². The van der Waals surface area contributed by atoms with Crippen molar-refractivity contribution in [1.29, 1.82) is 0 Å². The van der Waals surface area contributed by atoms with Gasteiger partial charge in [-0.1, -0.05) is 12.8 Å². The number of aromatic amines is 1. The van der Waals surface area contributed by atoms with Crippen molar-refractivity contribution in [3.05, 3.63) is 18.1 Å². The molecule has 1 saturated heterocycles. The molecule has 1 N–H and O–H groups in total. The van der Waals surface area contributed by atoms with Gasteiger partial charge >= 0.3 is 0 Å². The van der Waals surface area contributed by atoms with Crippen molar-refractivity contribution < 1.29 is 4.79 Å². The van der Waals surface area contributed by atoms with Gasteiger partial charge in [-0.3, -0.25) is 4.79 Å². The predicted molar refractivity (Wildman–Crippen MR) is 94.0 cm³/mol. The number of hydrogen-bond acceptors (Lipinski definition) is 4. The highest BCUT2D eigenvalue weighted by Crippen LogP contribution is 2.29. The third kappa shape index (κ3) is 2.97. The zero-order chi connectivity index (χ0) is 16.5. The average molecular weight is 327 g/mol. The molecule has 4 rings (SSSR count). The first-order valence-electron chi connectivity index (χ1n) is 9.05. The van der Waals surface area contributed by atoms with E-state index in [0.29, 0.717) is 11.8 Å². The van der Waals surface area contributed by atoms with Crippen molar-refractivity contribution in [3.63, 3.8) is 0 Å². The van der Waals surface area contributed by atoms with Crippen LogP contribution in [0.25, 0.3) is 11.0 Å². The SMILES string of the molecule is Cc1nc(N2CCN(C(=O)CC3CCCC3)CC2)c2cc[nH]c2n1. The van der Waals surface area contributed by atoms with Gasteiger partial charge in [-0.05, 0) is 31.7 Å². The van der Waals surface area contributed by atoms with Gasteiger partial charge in [0.1, 0.15) is 17.3 Å². The Morgan fingerprint density at radius 1 is 1.21 bits per heavy atom. The van der Waals surface area contributed by atoms with Crippen molar-refractivity contribution in [3.8, 4) is 0 Å². The van der Waals surface area contributed by atoms with Gasteiger partial charge in [0.05, 0.1) is 5.39 Å². The van der Waals surface area contributed by atoms with Gasteiger partial charge in [-0.2, -0.15) is 0 Å². The number of aromatic nitrogens is 3. The van der Waals surface area contributed by atoms with E-state index in [9.17, 15) is 4.79 Å². The zero-order valence-electron chi connectivity index (χ0n) is 14.3. The molecule has 2 aromatic rings. The lowest BCUT2D eigenvalue weighted by atomic mass is 10.0. The monoisotopic (exact) mass is 327 g/mol. The standard InChI is InChI=1S/C18H25N5O/c1-13-20-17-15(6-7-19-17)18(21-13)23-10-8-22(9-11-23)16(24)12-14-4-2-3-5-14/h6-7,14H,2-5,8-12H2,1H3,(H,19,20,21). The van der Waals surface area contributed by atoms with Crippen LogP contribution in [0.5, 0.6) is 0 Å². The molecule has 0 unspecified atom stereocenters. The van der Waals surface area contributed by atoms with Crippen molar-refractivity contribution in [2.45, 2.75) is 39.0 Å². The Bertz CT molecular complexity index is 726. The highest BCUT2D eigenvalue weighted by Gasteiger charge is 2.26. The summed E-state index contributed by atoms with van der Waals surface area (Å²) in [4.78, 5) is 29.1. The van der Waals surface area contributed by atoms with Gasteiger partial charge < -0.3 is 14.8 Å². The smallest absolute Gasteiger partial charge is 0.222 e. The van der Waals surface area contributed by atoms with E-state index in [1.807, 2.05) is 24.1 Å². The summed E-state index contributed by atoms with van der Waals surface area (Å²) in [6.07, 6.45) is 7.71. The maximum absolute atomic E-state index is 12.5. The minimum absolute atomic E-state index is 0.340. The number of carbonyl (C=O) groups is 1. The zero-order valence-corrected chi connectivity index (χ0v) is 14.3. The summed E-state index contributed by atoms with van der Waals surface area (Å²) in [5.41, 5.74) is 0.886. The molecule has 1 aliphatic carbocycles. The Labute approximate surface area is 142 Å². The maximum Gasteiger partial charge on any atom is 0.222 e. The van der Waals surface area contributed by atoms with Crippen LogP contribution in [-0.4, -0.2) is 51.9 Å². The number of nitrogens with one attached hydrogen (secondary N) is 1. The van der Waals surface area contributed by atoms with E-state index in [1.165, 1.54) is 25.7 Å². The summed E-state index contributed by atoms with van der Waals surface area (Å²) in [6.45, 7) is 5.19. The second kappa shape index (κ2) is 6.42. The van der Waals surface area contributed by atoms with E-state index < -0.39 is 0 Å². The lowest BCUT2D eigenvalue weighted by Gasteiger charge is -2.36. The van der Waals surface area contributed by atoms with E-state index in [2.05, 4.69) is 19.9 Å². The average Bonchev–Trinajstić information content (AvgIpc) is 3.25. The van der Waals surface area contributed by atoms with Crippen LogP contribution in [0, 0.1) is 12.8 Å². The molecule has 0 atom stereocenters. The fourth-order valence-corrected chi connectivity index (χ4v) is 4.03. The Hall–Kier alpha value is -2.11. The number of piperazine rings is 1. The molecule has 128 valence electrons. The fraction of sp³-hybridized carbons (Fsp3) is 0.611. The van der Waals surface area contributed by atoms with Gasteiger partial charge in [0.2, 0.25) is 5.91 Å². The first-order valence-corrected chi connectivity index (χ1v) is 9.05. The maximum atomic E-state index is 12.5. The molecule has 3 heterocycles. The number of aryl methyl sites for hydroxylation is 1. The number of amides is 1. The molecule has 0 aromatic carbocycles.